The van der Waals surface area contributed by atoms with E-state index in [0.29, 0.717) is 17.2 Å². The van der Waals surface area contributed by atoms with Crippen molar-refractivity contribution >= 4 is 40.0 Å². The third kappa shape index (κ3) is 10.4. The van der Waals surface area contributed by atoms with E-state index >= 15 is 0 Å². The largest absolute Gasteiger partial charge is 0.494 e. The van der Waals surface area contributed by atoms with E-state index in [9.17, 15) is 35.2 Å². The number of ether oxygens (including phenoxy) is 3. The summed E-state index contributed by atoms with van der Waals surface area (Å²) in [6.07, 6.45) is -2.11. The van der Waals surface area contributed by atoms with Crippen LogP contribution in [0, 0.1) is 20.2 Å². The number of carbonyl (C=O) groups is 1. The molecule has 0 heterocycles. The Balaban J connectivity index is 1.68. The number of aliphatic hydroxyl groups excluding tert-OH is 2. The number of hydrogen-bond donors (Lipinski definition) is 3. The molecule has 4 aromatic carbocycles. The second-order valence-corrected chi connectivity index (χ2v) is 10.6. The summed E-state index contributed by atoms with van der Waals surface area (Å²) in [6, 6.07) is 23.6. The van der Waals surface area contributed by atoms with E-state index in [1.54, 1.807) is 53.4 Å². The molecule has 0 aliphatic rings. The van der Waals surface area contributed by atoms with Crippen molar-refractivity contribution in [2.24, 2.45) is 10.2 Å². The Labute approximate surface area is 280 Å². The van der Waals surface area contributed by atoms with Crippen LogP contribution in [0.3, 0.4) is 0 Å². The van der Waals surface area contributed by atoms with Crippen LogP contribution in [0.15, 0.2) is 101 Å². The number of aliphatic hydroxyl groups is 2. The molecule has 2 unspecified atom stereocenters. The summed E-state index contributed by atoms with van der Waals surface area (Å²) >= 11 is 0. The molecule has 0 bridgehead atoms. The van der Waals surface area contributed by atoms with Crippen molar-refractivity contribution in [3.8, 4) is 17.2 Å². The summed E-state index contributed by atoms with van der Waals surface area (Å²) in [6.45, 7) is 0.984. The van der Waals surface area contributed by atoms with E-state index < -0.39 is 39.3 Å². The van der Waals surface area contributed by atoms with Crippen LogP contribution in [-0.2, 0) is 4.79 Å². The first kappa shape index (κ1) is 35.7. The molecule has 0 spiro atoms. The SMILES string of the molecule is COc1cc(N=Nc2ccc([N+](=O)[O-])cc2[N+](=O)[O-])c(NC(C)=O)cc1N(CC(O)COc1ccccc1)CC(O)COc1ccccc1. The van der Waals surface area contributed by atoms with Gasteiger partial charge in [0, 0.05) is 32.1 Å². The Morgan fingerprint density at radius 2 is 1.37 bits per heavy atom. The van der Waals surface area contributed by atoms with Crippen LogP contribution in [0.1, 0.15) is 6.92 Å². The minimum atomic E-state index is -1.06. The number of azo groups is 1. The Bertz CT molecular complexity index is 1720. The predicted molar refractivity (Wildman–Crippen MR) is 179 cm³/mol. The quantitative estimate of drug-likeness (QED) is 0.0715. The highest BCUT2D eigenvalue weighted by molar-refractivity contribution is 5.94. The van der Waals surface area contributed by atoms with Crippen molar-refractivity contribution in [3.05, 3.63) is 111 Å². The summed E-state index contributed by atoms with van der Waals surface area (Å²) < 4.78 is 17.1. The molecule has 4 aromatic rings. The van der Waals surface area contributed by atoms with Gasteiger partial charge in [0.05, 0.1) is 34.4 Å². The second kappa shape index (κ2) is 17.1. The van der Waals surface area contributed by atoms with Crippen LogP contribution in [0.2, 0.25) is 0 Å². The van der Waals surface area contributed by atoms with Crippen LogP contribution in [0.25, 0.3) is 0 Å². The molecule has 3 N–H and O–H groups in total. The topological polar surface area (TPSA) is 211 Å². The number of benzene rings is 4. The number of carbonyl (C=O) groups excluding carboxylic acids is 1. The summed E-state index contributed by atoms with van der Waals surface area (Å²) in [4.78, 5) is 35.0. The fraction of sp³-hybridized carbons (Fsp3) is 0.242. The molecule has 0 radical (unpaired) electrons. The molecule has 0 aliphatic heterocycles. The maximum atomic E-state index is 12.2. The molecule has 0 saturated heterocycles. The highest BCUT2D eigenvalue weighted by Gasteiger charge is 2.24. The van der Waals surface area contributed by atoms with Gasteiger partial charge in [0.25, 0.3) is 5.69 Å². The van der Waals surface area contributed by atoms with E-state index in [0.717, 1.165) is 18.2 Å². The van der Waals surface area contributed by atoms with Gasteiger partial charge in [-0.25, -0.2) is 0 Å². The van der Waals surface area contributed by atoms with E-state index in [-0.39, 0.29) is 49.1 Å². The Kier molecular flexibility index (Phi) is 12.5. The number of amides is 1. The molecule has 256 valence electrons. The van der Waals surface area contributed by atoms with Gasteiger partial charge in [0.2, 0.25) is 5.91 Å². The normalized spacial score (nSPS) is 12.2. The molecule has 0 fully saturated rings. The zero-order valence-electron chi connectivity index (χ0n) is 26.5. The number of non-ortho nitro benzene ring substituents is 1. The first-order valence-electron chi connectivity index (χ1n) is 14.8. The maximum absolute atomic E-state index is 12.2. The second-order valence-electron chi connectivity index (χ2n) is 10.6. The zero-order chi connectivity index (χ0) is 35.3. The number of methoxy groups -OCH3 is 1. The number of hydrogen-bond acceptors (Lipinski definition) is 13. The Hall–Kier alpha value is -6.13. The molecular formula is C33H34N6O10. The third-order valence-corrected chi connectivity index (χ3v) is 6.81. The molecule has 49 heavy (non-hydrogen) atoms. The number of nitro benzene ring substituents is 2. The zero-order valence-corrected chi connectivity index (χ0v) is 26.5. The lowest BCUT2D eigenvalue weighted by molar-refractivity contribution is -0.393. The smallest absolute Gasteiger partial charge is 0.303 e. The van der Waals surface area contributed by atoms with Crippen LogP contribution in [0.4, 0.5) is 34.1 Å². The van der Waals surface area contributed by atoms with Crippen molar-refractivity contribution in [3.63, 3.8) is 0 Å². The van der Waals surface area contributed by atoms with Gasteiger partial charge in [-0.2, -0.15) is 0 Å². The molecule has 1 amide bonds. The number of para-hydroxylation sites is 2. The number of nitro groups is 2. The van der Waals surface area contributed by atoms with Crippen LogP contribution >= 0.6 is 0 Å². The van der Waals surface area contributed by atoms with Crippen LogP contribution in [-0.4, -0.2) is 71.6 Å². The van der Waals surface area contributed by atoms with Gasteiger partial charge in [-0.3, -0.25) is 25.0 Å². The Morgan fingerprint density at radius 1 is 0.816 bits per heavy atom. The lowest BCUT2D eigenvalue weighted by Gasteiger charge is -2.31. The van der Waals surface area contributed by atoms with E-state index in [2.05, 4.69) is 15.5 Å². The van der Waals surface area contributed by atoms with Crippen LogP contribution in [0.5, 0.6) is 17.2 Å². The lowest BCUT2D eigenvalue weighted by Crippen LogP contribution is -2.42. The van der Waals surface area contributed by atoms with Gasteiger partial charge in [0.15, 0.2) is 5.69 Å². The van der Waals surface area contributed by atoms with Crippen LogP contribution < -0.4 is 24.4 Å². The first-order valence-corrected chi connectivity index (χ1v) is 14.8. The minimum absolute atomic E-state index is 0.0318. The lowest BCUT2D eigenvalue weighted by atomic mass is 10.1. The number of nitrogens with zero attached hydrogens (tertiary/aromatic N) is 5. The fourth-order valence-electron chi connectivity index (χ4n) is 4.61. The predicted octanol–water partition coefficient (Wildman–Crippen LogP) is 5.57. The van der Waals surface area contributed by atoms with Gasteiger partial charge in [-0.15, -0.1) is 10.2 Å². The van der Waals surface area contributed by atoms with Gasteiger partial charge in [-0.05, 0) is 36.4 Å². The van der Waals surface area contributed by atoms with E-state index in [1.807, 2.05) is 12.1 Å². The average Bonchev–Trinajstić information content (AvgIpc) is 3.09. The van der Waals surface area contributed by atoms with Crippen molar-refractivity contribution in [2.75, 3.05) is 43.6 Å². The Morgan fingerprint density at radius 3 is 1.86 bits per heavy atom. The summed E-state index contributed by atoms with van der Waals surface area (Å²) in [5.74, 6) is 0.817. The van der Waals surface area contributed by atoms with Crippen molar-refractivity contribution < 1.29 is 39.1 Å². The van der Waals surface area contributed by atoms with Gasteiger partial charge in [-0.1, -0.05) is 36.4 Å². The minimum Gasteiger partial charge on any atom is -0.494 e. The first-order chi connectivity index (χ1) is 23.5. The third-order valence-electron chi connectivity index (χ3n) is 6.81. The molecule has 0 saturated carbocycles. The molecule has 0 aromatic heterocycles. The molecule has 4 rings (SSSR count). The van der Waals surface area contributed by atoms with Gasteiger partial charge in [0.1, 0.15) is 48.4 Å². The molecule has 2 atom stereocenters. The van der Waals surface area contributed by atoms with Gasteiger partial charge >= 0.3 is 5.69 Å². The summed E-state index contributed by atoms with van der Waals surface area (Å²) in [5.41, 5.74) is -0.923. The number of rotatable bonds is 17. The fourth-order valence-corrected chi connectivity index (χ4v) is 4.61. The molecular weight excluding hydrogens is 640 g/mol. The van der Waals surface area contributed by atoms with Crippen molar-refractivity contribution in [1.29, 1.82) is 0 Å². The van der Waals surface area contributed by atoms with Gasteiger partial charge < -0.3 is 34.6 Å². The molecule has 16 nitrogen and oxygen atoms in total. The molecule has 16 heteroatoms. The van der Waals surface area contributed by atoms with Crippen molar-refractivity contribution in [1.82, 2.24) is 0 Å². The number of nitrogens with one attached hydrogen (secondary N) is 1. The number of anilines is 2. The van der Waals surface area contributed by atoms with E-state index in [4.69, 9.17) is 14.2 Å². The maximum Gasteiger partial charge on any atom is 0.303 e. The van der Waals surface area contributed by atoms with E-state index in [1.165, 1.54) is 26.2 Å². The monoisotopic (exact) mass is 674 g/mol. The highest BCUT2D eigenvalue weighted by Crippen LogP contribution is 2.41. The molecule has 0 aliphatic carbocycles. The highest BCUT2D eigenvalue weighted by atomic mass is 16.6. The standard InChI is InChI=1S/C33H34N6O10/c1-22(40)34-29-16-32(33(47-2)17-30(29)36-35-28-14-13-23(38(43)44)15-31(28)39(45)46)37(18-24(41)20-48-26-9-5-3-6-10-26)19-25(42)21-49-27-11-7-4-8-12-27/h3-17,24-25,41-42H,18-21H2,1-2H3,(H,34,40). The summed E-state index contributed by atoms with van der Waals surface area (Å²) in [7, 11) is 1.38. The summed E-state index contributed by atoms with van der Waals surface area (Å²) in [5, 5.41) is 55.5. The van der Waals surface area contributed by atoms with Crippen molar-refractivity contribution in [2.45, 2.75) is 19.1 Å². The average molecular weight is 675 g/mol.